The highest BCUT2D eigenvalue weighted by Crippen LogP contribution is 2.42. The van der Waals surface area contributed by atoms with Crippen molar-refractivity contribution in [3.8, 4) is 10.4 Å². The van der Waals surface area contributed by atoms with E-state index >= 15 is 0 Å². The van der Waals surface area contributed by atoms with Crippen LogP contribution in [0.3, 0.4) is 0 Å². The minimum absolute atomic E-state index is 1.41. The normalized spacial score (nSPS) is 11.8. The fourth-order valence-corrected chi connectivity index (χ4v) is 6.01. The van der Waals surface area contributed by atoms with E-state index in [0.29, 0.717) is 0 Å². The van der Waals surface area contributed by atoms with E-state index in [-0.39, 0.29) is 0 Å². The average molecular weight is 278 g/mol. The van der Waals surface area contributed by atoms with Crippen LogP contribution in [-0.4, -0.2) is 0 Å². The first-order chi connectivity index (χ1) is 7.92. The van der Waals surface area contributed by atoms with Crippen LogP contribution in [-0.2, 0) is 0 Å². The Labute approximate surface area is 108 Å². The molecule has 0 unspecified atom stereocenters. The van der Waals surface area contributed by atoms with Crippen LogP contribution in [0.25, 0.3) is 29.2 Å². The van der Waals surface area contributed by atoms with Gasteiger partial charge in [0.1, 0.15) is 0 Å². The van der Waals surface area contributed by atoms with Gasteiger partial charge >= 0.3 is 0 Å². The maximum atomic E-state index is 2.32. The standard InChI is InChI=1S/C12H6S4/c1-3-14-12-7(1)8(6-15-12)10-5-11-9(16-10)2-4-13-11/h1-6H. The molecule has 0 saturated carbocycles. The van der Waals surface area contributed by atoms with Gasteiger partial charge in [-0.05, 0) is 29.0 Å². The largest absolute Gasteiger partial charge is 0.143 e. The molecular formula is C12H6S4. The summed E-state index contributed by atoms with van der Waals surface area (Å²) in [5.41, 5.74) is 1.41. The predicted octanol–water partition coefficient (Wildman–Crippen LogP) is 5.91. The summed E-state index contributed by atoms with van der Waals surface area (Å²) in [6.45, 7) is 0. The molecule has 4 heterocycles. The van der Waals surface area contributed by atoms with Crippen LogP contribution in [0.15, 0.2) is 34.3 Å². The lowest BCUT2D eigenvalue weighted by Crippen LogP contribution is -1.63. The lowest BCUT2D eigenvalue weighted by atomic mass is 10.2. The Balaban J connectivity index is 2.03. The van der Waals surface area contributed by atoms with E-state index in [1.165, 1.54) is 29.2 Å². The van der Waals surface area contributed by atoms with Crippen molar-refractivity contribution < 1.29 is 0 Å². The van der Waals surface area contributed by atoms with E-state index in [4.69, 9.17) is 0 Å². The summed E-state index contributed by atoms with van der Waals surface area (Å²) in [6.07, 6.45) is 0. The van der Waals surface area contributed by atoms with Gasteiger partial charge in [-0.1, -0.05) is 0 Å². The Morgan fingerprint density at radius 1 is 0.875 bits per heavy atom. The van der Waals surface area contributed by atoms with Crippen LogP contribution in [0.4, 0.5) is 0 Å². The second kappa shape index (κ2) is 3.40. The molecule has 78 valence electrons. The summed E-state index contributed by atoms with van der Waals surface area (Å²) < 4.78 is 4.26. The molecule has 0 saturated heterocycles. The van der Waals surface area contributed by atoms with Crippen molar-refractivity contribution >= 4 is 64.1 Å². The van der Waals surface area contributed by atoms with Crippen LogP contribution >= 0.6 is 45.3 Å². The Bertz CT molecular complexity index is 736. The van der Waals surface area contributed by atoms with Crippen LogP contribution in [0, 0.1) is 0 Å². The topological polar surface area (TPSA) is 0 Å². The zero-order valence-corrected chi connectivity index (χ0v) is 11.4. The van der Waals surface area contributed by atoms with Crippen molar-refractivity contribution in [3.05, 3.63) is 34.3 Å². The van der Waals surface area contributed by atoms with Gasteiger partial charge < -0.3 is 0 Å². The minimum atomic E-state index is 1.41. The number of hydrogen-bond donors (Lipinski definition) is 0. The molecule has 0 aliphatic carbocycles. The van der Waals surface area contributed by atoms with Crippen LogP contribution in [0.2, 0.25) is 0 Å². The van der Waals surface area contributed by atoms with E-state index in [9.17, 15) is 0 Å². The molecule has 0 aromatic carbocycles. The van der Waals surface area contributed by atoms with E-state index in [2.05, 4.69) is 34.3 Å². The van der Waals surface area contributed by atoms with Gasteiger partial charge in [-0.25, -0.2) is 0 Å². The number of thiophene rings is 4. The molecule has 4 aromatic rings. The fourth-order valence-electron chi connectivity index (χ4n) is 1.85. The molecule has 0 radical (unpaired) electrons. The highest BCUT2D eigenvalue weighted by atomic mass is 32.2. The van der Waals surface area contributed by atoms with Crippen molar-refractivity contribution in [2.45, 2.75) is 0 Å². The monoisotopic (exact) mass is 278 g/mol. The lowest BCUT2D eigenvalue weighted by molar-refractivity contribution is 1.99. The fraction of sp³-hybridized carbons (Fsp3) is 0. The van der Waals surface area contributed by atoms with Gasteiger partial charge in [0.25, 0.3) is 0 Å². The Kier molecular flexibility index (Phi) is 1.99. The van der Waals surface area contributed by atoms with Gasteiger partial charge in [0.15, 0.2) is 0 Å². The van der Waals surface area contributed by atoms with E-state index in [0.717, 1.165) is 0 Å². The van der Waals surface area contributed by atoms with Crippen molar-refractivity contribution in [2.75, 3.05) is 0 Å². The van der Waals surface area contributed by atoms with Gasteiger partial charge in [0, 0.05) is 30.6 Å². The van der Waals surface area contributed by atoms with Crippen molar-refractivity contribution in [1.29, 1.82) is 0 Å². The highest BCUT2D eigenvalue weighted by Gasteiger charge is 2.10. The Morgan fingerprint density at radius 3 is 2.75 bits per heavy atom. The van der Waals surface area contributed by atoms with Gasteiger partial charge in [-0.3, -0.25) is 0 Å². The molecule has 0 aliphatic heterocycles. The molecule has 0 spiro atoms. The Hall–Kier alpha value is -0.680. The summed E-state index contributed by atoms with van der Waals surface area (Å²) in [5.74, 6) is 0. The maximum absolute atomic E-state index is 2.32. The summed E-state index contributed by atoms with van der Waals surface area (Å²) in [5, 5.41) is 8.06. The minimum Gasteiger partial charge on any atom is -0.143 e. The predicted molar refractivity (Wildman–Crippen MR) is 78.4 cm³/mol. The number of hydrogen-bond acceptors (Lipinski definition) is 4. The molecule has 4 aromatic heterocycles. The number of fused-ring (bicyclic) bond motifs is 2. The Morgan fingerprint density at radius 2 is 1.81 bits per heavy atom. The molecule has 0 bridgehead atoms. The van der Waals surface area contributed by atoms with E-state index in [1.54, 1.807) is 0 Å². The molecule has 0 aliphatic rings. The van der Waals surface area contributed by atoms with Crippen LogP contribution in [0.5, 0.6) is 0 Å². The summed E-state index contributed by atoms with van der Waals surface area (Å²) in [6, 6.07) is 6.77. The molecule has 4 heteroatoms. The summed E-state index contributed by atoms with van der Waals surface area (Å²) in [4.78, 5) is 1.41. The smallest absolute Gasteiger partial charge is 0.0871 e. The maximum Gasteiger partial charge on any atom is 0.0871 e. The molecule has 0 fully saturated rings. The van der Waals surface area contributed by atoms with Gasteiger partial charge in [-0.15, -0.1) is 45.3 Å². The molecule has 0 atom stereocenters. The zero-order valence-electron chi connectivity index (χ0n) is 8.10. The number of rotatable bonds is 1. The second-order valence-electron chi connectivity index (χ2n) is 3.53. The molecule has 16 heavy (non-hydrogen) atoms. The van der Waals surface area contributed by atoms with Gasteiger partial charge in [-0.2, -0.15) is 0 Å². The first-order valence-corrected chi connectivity index (χ1v) is 8.29. The van der Waals surface area contributed by atoms with Crippen LogP contribution in [0.1, 0.15) is 0 Å². The van der Waals surface area contributed by atoms with E-state index in [1.807, 2.05) is 45.3 Å². The molecule has 0 amide bonds. The molecule has 0 N–H and O–H groups in total. The summed E-state index contributed by atoms with van der Waals surface area (Å²) in [7, 11) is 0. The van der Waals surface area contributed by atoms with Crippen molar-refractivity contribution in [3.63, 3.8) is 0 Å². The first kappa shape index (κ1) is 9.36. The van der Waals surface area contributed by atoms with Crippen LogP contribution < -0.4 is 0 Å². The highest BCUT2D eigenvalue weighted by molar-refractivity contribution is 7.37. The van der Waals surface area contributed by atoms with E-state index < -0.39 is 0 Å². The third-order valence-electron chi connectivity index (χ3n) is 2.61. The molecular weight excluding hydrogens is 272 g/mol. The summed E-state index contributed by atoms with van der Waals surface area (Å²) >= 11 is 7.42. The molecule has 4 rings (SSSR count). The van der Waals surface area contributed by atoms with Gasteiger partial charge in [0.2, 0.25) is 0 Å². The zero-order chi connectivity index (χ0) is 10.5. The van der Waals surface area contributed by atoms with Crippen molar-refractivity contribution in [2.24, 2.45) is 0 Å². The quantitative estimate of drug-likeness (QED) is 0.406. The average Bonchev–Trinajstić information content (AvgIpc) is 2.95. The third kappa shape index (κ3) is 1.24. The third-order valence-corrected chi connectivity index (χ3v) is 6.81. The van der Waals surface area contributed by atoms with Crippen molar-refractivity contribution in [1.82, 2.24) is 0 Å². The van der Waals surface area contributed by atoms with Gasteiger partial charge in [0.05, 0.1) is 4.01 Å². The molecule has 0 nitrogen and oxygen atoms in total. The first-order valence-electron chi connectivity index (χ1n) is 4.84. The lowest BCUT2D eigenvalue weighted by Gasteiger charge is -1.90. The SMILES string of the molecule is c1cc2sc(-c3csc4sccc34)cc2s1. The second-order valence-corrected chi connectivity index (χ2v) is 7.62.